The van der Waals surface area contributed by atoms with Crippen LogP contribution in [0.4, 0.5) is 14.9 Å². The van der Waals surface area contributed by atoms with Gasteiger partial charge in [0.05, 0.1) is 0 Å². The molecule has 2 amide bonds. The van der Waals surface area contributed by atoms with Crippen LogP contribution >= 0.6 is 0 Å². The smallest absolute Gasteiger partial charge is 0.319 e. The molecule has 3 N–H and O–H groups in total. The van der Waals surface area contributed by atoms with Crippen LogP contribution in [0.25, 0.3) is 0 Å². The zero-order valence-corrected chi connectivity index (χ0v) is 12.1. The molecule has 0 aliphatic rings. The van der Waals surface area contributed by atoms with Crippen LogP contribution in [0.2, 0.25) is 0 Å². The minimum absolute atomic E-state index is 0.0465. The molecule has 0 radical (unpaired) electrons. The number of benzene rings is 2. The first-order chi connectivity index (χ1) is 10.7. The second-order valence-electron chi connectivity index (χ2n) is 4.96. The molecule has 0 saturated heterocycles. The molecule has 0 saturated carbocycles. The van der Waals surface area contributed by atoms with Gasteiger partial charge in [0.25, 0.3) is 0 Å². The number of carbonyl (C=O) groups excluding carboxylic acids is 1. The van der Waals surface area contributed by atoms with Crippen molar-refractivity contribution in [3.05, 3.63) is 66.0 Å². The predicted molar refractivity (Wildman–Crippen MR) is 84.3 cm³/mol. The summed E-state index contributed by atoms with van der Waals surface area (Å²) in [6.07, 6.45) is 0.570. The zero-order valence-electron chi connectivity index (χ0n) is 12.1. The number of hydrogen-bond acceptors (Lipinski definition) is 2. The quantitative estimate of drug-likeness (QED) is 0.768. The summed E-state index contributed by atoms with van der Waals surface area (Å²) in [7, 11) is 0. The van der Waals surface area contributed by atoms with E-state index >= 15 is 0 Å². The Labute approximate surface area is 129 Å². The third-order valence-corrected chi connectivity index (χ3v) is 3.36. The first-order valence-electron chi connectivity index (χ1n) is 7.15. The number of rotatable bonds is 6. The number of carbonyl (C=O) groups is 1. The van der Waals surface area contributed by atoms with Crippen molar-refractivity contribution in [3.63, 3.8) is 0 Å². The maximum Gasteiger partial charge on any atom is 0.319 e. The fourth-order valence-corrected chi connectivity index (χ4v) is 2.19. The van der Waals surface area contributed by atoms with E-state index in [4.69, 9.17) is 5.11 Å². The fraction of sp³-hybridized carbons (Fsp3) is 0.235. The van der Waals surface area contributed by atoms with Gasteiger partial charge in [-0.25, -0.2) is 9.18 Å². The summed E-state index contributed by atoms with van der Waals surface area (Å²) in [6.45, 7) is 0.471. The van der Waals surface area contributed by atoms with Gasteiger partial charge in [-0.2, -0.15) is 0 Å². The van der Waals surface area contributed by atoms with Gasteiger partial charge in [-0.05, 0) is 36.2 Å². The summed E-state index contributed by atoms with van der Waals surface area (Å²) < 4.78 is 12.8. The second-order valence-corrected chi connectivity index (χ2v) is 4.96. The van der Waals surface area contributed by atoms with E-state index in [2.05, 4.69) is 10.6 Å². The number of anilines is 1. The number of nitrogens with one attached hydrogen (secondary N) is 2. The molecule has 1 unspecified atom stereocenters. The highest BCUT2D eigenvalue weighted by Crippen LogP contribution is 2.18. The van der Waals surface area contributed by atoms with Crippen LogP contribution in [-0.4, -0.2) is 24.3 Å². The van der Waals surface area contributed by atoms with E-state index in [1.165, 1.54) is 24.3 Å². The normalized spacial score (nSPS) is 11.7. The van der Waals surface area contributed by atoms with Crippen molar-refractivity contribution < 1.29 is 14.3 Å². The molecule has 0 heterocycles. The van der Waals surface area contributed by atoms with Crippen molar-refractivity contribution >= 4 is 11.7 Å². The second kappa shape index (κ2) is 8.14. The molecule has 5 heteroatoms. The molecule has 2 aromatic carbocycles. The number of aliphatic hydroxyl groups excluding tert-OH is 1. The van der Waals surface area contributed by atoms with E-state index in [0.29, 0.717) is 18.7 Å². The van der Waals surface area contributed by atoms with Gasteiger partial charge in [-0.15, -0.1) is 0 Å². The zero-order chi connectivity index (χ0) is 15.8. The van der Waals surface area contributed by atoms with Crippen LogP contribution in [0.1, 0.15) is 17.9 Å². The topological polar surface area (TPSA) is 61.4 Å². The molecule has 0 spiro atoms. The molecular weight excluding hydrogens is 283 g/mol. The largest absolute Gasteiger partial charge is 0.396 e. The highest BCUT2D eigenvalue weighted by molar-refractivity contribution is 5.89. The van der Waals surface area contributed by atoms with Crippen LogP contribution in [-0.2, 0) is 0 Å². The molecular formula is C17H19FN2O2. The summed E-state index contributed by atoms with van der Waals surface area (Å²) in [4.78, 5) is 11.9. The van der Waals surface area contributed by atoms with Gasteiger partial charge >= 0.3 is 6.03 Å². The van der Waals surface area contributed by atoms with Crippen LogP contribution in [0.15, 0.2) is 54.6 Å². The number of aliphatic hydroxyl groups is 1. The van der Waals surface area contributed by atoms with E-state index in [9.17, 15) is 9.18 Å². The van der Waals surface area contributed by atoms with Crippen molar-refractivity contribution in [3.8, 4) is 0 Å². The molecule has 0 aromatic heterocycles. The van der Waals surface area contributed by atoms with Crippen LogP contribution in [0.5, 0.6) is 0 Å². The molecule has 0 aliphatic heterocycles. The molecule has 2 rings (SSSR count). The van der Waals surface area contributed by atoms with Crippen molar-refractivity contribution in [1.29, 1.82) is 0 Å². The summed E-state index contributed by atoms with van der Waals surface area (Å²) in [5.74, 6) is -0.303. The highest BCUT2D eigenvalue weighted by atomic mass is 19.1. The van der Waals surface area contributed by atoms with Crippen LogP contribution < -0.4 is 10.6 Å². The van der Waals surface area contributed by atoms with Gasteiger partial charge < -0.3 is 15.7 Å². The molecule has 0 bridgehead atoms. The highest BCUT2D eigenvalue weighted by Gasteiger charge is 2.12. The third kappa shape index (κ3) is 4.86. The molecule has 116 valence electrons. The van der Waals surface area contributed by atoms with Gasteiger partial charge in [-0.3, -0.25) is 0 Å². The Morgan fingerprint density at radius 3 is 2.41 bits per heavy atom. The van der Waals surface area contributed by atoms with E-state index < -0.39 is 0 Å². The van der Waals surface area contributed by atoms with Crippen molar-refractivity contribution in [2.24, 2.45) is 0 Å². The van der Waals surface area contributed by atoms with Gasteiger partial charge in [0, 0.05) is 24.8 Å². The average Bonchev–Trinajstić information content (AvgIpc) is 2.54. The lowest BCUT2D eigenvalue weighted by Gasteiger charge is -2.17. The van der Waals surface area contributed by atoms with E-state index in [-0.39, 0.29) is 24.4 Å². The maximum atomic E-state index is 12.8. The Hall–Kier alpha value is -2.40. The number of hydrogen-bond donors (Lipinski definition) is 3. The summed E-state index contributed by atoms with van der Waals surface area (Å²) in [5, 5.41) is 14.6. The van der Waals surface area contributed by atoms with Gasteiger partial charge in [-0.1, -0.05) is 30.3 Å². The Balaban J connectivity index is 1.89. The van der Waals surface area contributed by atoms with E-state index in [0.717, 1.165) is 5.56 Å². The standard InChI is InChI=1S/C17H19FN2O2/c18-15-6-8-16(9-7-15)20-17(22)19-12-14(10-11-21)13-4-2-1-3-5-13/h1-9,14,21H,10-12H2,(H2,19,20,22). The van der Waals surface area contributed by atoms with Crippen molar-refractivity contribution in [1.82, 2.24) is 5.32 Å². The Morgan fingerprint density at radius 2 is 1.77 bits per heavy atom. The number of amides is 2. The minimum Gasteiger partial charge on any atom is -0.396 e. The minimum atomic E-state index is -0.356. The van der Waals surface area contributed by atoms with Gasteiger partial charge in [0.2, 0.25) is 0 Å². The summed E-state index contributed by atoms with van der Waals surface area (Å²) in [6, 6.07) is 14.9. The number of urea groups is 1. The fourth-order valence-electron chi connectivity index (χ4n) is 2.19. The lowest BCUT2D eigenvalue weighted by Crippen LogP contribution is -2.32. The number of halogens is 1. The van der Waals surface area contributed by atoms with Crippen molar-refractivity contribution in [2.75, 3.05) is 18.5 Å². The molecule has 0 fully saturated rings. The van der Waals surface area contributed by atoms with Crippen LogP contribution in [0.3, 0.4) is 0 Å². The molecule has 1 atom stereocenters. The Bertz CT molecular complexity index is 587. The van der Waals surface area contributed by atoms with Crippen molar-refractivity contribution in [2.45, 2.75) is 12.3 Å². The van der Waals surface area contributed by atoms with Gasteiger partial charge in [0.15, 0.2) is 0 Å². The lowest BCUT2D eigenvalue weighted by molar-refractivity contribution is 0.248. The first-order valence-corrected chi connectivity index (χ1v) is 7.15. The third-order valence-electron chi connectivity index (χ3n) is 3.36. The van der Waals surface area contributed by atoms with Crippen LogP contribution in [0, 0.1) is 5.82 Å². The molecule has 0 aliphatic carbocycles. The van der Waals surface area contributed by atoms with E-state index in [1.807, 2.05) is 30.3 Å². The maximum absolute atomic E-state index is 12.8. The summed E-state index contributed by atoms with van der Waals surface area (Å²) in [5.41, 5.74) is 1.59. The first kappa shape index (κ1) is 16.0. The predicted octanol–water partition coefficient (Wildman–Crippen LogP) is 3.11. The Kier molecular flexibility index (Phi) is 5.91. The Morgan fingerprint density at radius 1 is 1.09 bits per heavy atom. The van der Waals surface area contributed by atoms with Gasteiger partial charge in [0.1, 0.15) is 5.82 Å². The lowest BCUT2D eigenvalue weighted by atomic mass is 9.96. The summed E-state index contributed by atoms with van der Waals surface area (Å²) >= 11 is 0. The SMILES string of the molecule is O=C(NCC(CCO)c1ccccc1)Nc1ccc(F)cc1. The molecule has 22 heavy (non-hydrogen) atoms. The molecule has 4 nitrogen and oxygen atoms in total. The average molecular weight is 302 g/mol. The van der Waals surface area contributed by atoms with E-state index in [1.54, 1.807) is 0 Å². The molecule has 2 aromatic rings. The monoisotopic (exact) mass is 302 g/mol.